The Labute approximate surface area is 183 Å². The Hall–Kier alpha value is -3.41. The van der Waals surface area contributed by atoms with E-state index in [1.807, 2.05) is 42.2 Å². The summed E-state index contributed by atoms with van der Waals surface area (Å²) >= 11 is 0. The minimum atomic E-state index is 0.186. The molecule has 4 rings (SSSR count). The highest BCUT2D eigenvalue weighted by Crippen LogP contribution is 2.21. The standard InChI is InChI=1S/C25H29N5O/c1-18-7-9-22(10-8-18)28-23-17-24(27-20(3)26-23)29-11-13-30(14-12-29)25(31)16-21-6-4-5-19(2)15-21/h4-10,15,17H,11-14,16H2,1-3H3,(H,26,27,28). The lowest BCUT2D eigenvalue weighted by atomic mass is 10.1. The molecule has 0 aliphatic carbocycles. The lowest BCUT2D eigenvalue weighted by molar-refractivity contribution is -0.130. The Morgan fingerprint density at radius 2 is 1.65 bits per heavy atom. The van der Waals surface area contributed by atoms with Crippen LogP contribution in [0, 0.1) is 20.8 Å². The number of nitrogens with zero attached hydrogens (tertiary/aromatic N) is 4. The van der Waals surface area contributed by atoms with Crippen LogP contribution in [-0.2, 0) is 11.2 Å². The van der Waals surface area contributed by atoms with Crippen molar-refractivity contribution in [3.05, 3.63) is 77.1 Å². The van der Waals surface area contributed by atoms with Crippen LogP contribution in [0.4, 0.5) is 17.3 Å². The number of anilines is 3. The molecule has 1 amide bonds. The highest BCUT2D eigenvalue weighted by Gasteiger charge is 2.22. The third kappa shape index (κ3) is 5.40. The molecule has 1 aliphatic rings. The van der Waals surface area contributed by atoms with E-state index in [0.29, 0.717) is 19.5 Å². The maximum Gasteiger partial charge on any atom is 0.227 e. The Balaban J connectivity index is 1.38. The molecule has 6 heteroatoms. The molecule has 0 unspecified atom stereocenters. The first-order chi connectivity index (χ1) is 15.0. The fourth-order valence-electron chi connectivity index (χ4n) is 3.86. The minimum Gasteiger partial charge on any atom is -0.353 e. The summed E-state index contributed by atoms with van der Waals surface area (Å²) in [7, 11) is 0. The van der Waals surface area contributed by atoms with Crippen molar-refractivity contribution in [1.82, 2.24) is 14.9 Å². The van der Waals surface area contributed by atoms with Crippen LogP contribution in [0.3, 0.4) is 0 Å². The molecular weight excluding hydrogens is 386 g/mol. The Kier molecular flexibility index (Phi) is 6.16. The second kappa shape index (κ2) is 9.16. The molecule has 1 N–H and O–H groups in total. The van der Waals surface area contributed by atoms with Gasteiger partial charge in [-0.1, -0.05) is 47.5 Å². The average molecular weight is 416 g/mol. The van der Waals surface area contributed by atoms with E-state index in [0.717, 1.165) is 41.8 Å². The van der Waals surface area contributed by atoms with Gasteiger partial charge in [0.1, 0.15) is 17.5 Å². The number of aromatic nitrogens is 2. The zero-order valence-corrected chi connectivity index (χ0v) is 18.4. The van der Waals surface area contributed by atoms with Crippen molar-refractivity contribution in [2.45, 2.75) is 27.2 Å². The zero-order valence-electron chi connectivity index (χ0n) is 18.4. The number of amides is 1. The van der Waals surface area contributed by atoms with Crippen molar-refractivity contribution >= 4 is 23.2 Å². The Morgan fingerprint density at radius 3 is 2.35 bits per heavy atom. The second-order valence-corrected chi connectivity index (χ2v) is 8.18. The van der Waals surface area contributed by atoms with Gasteiger partial charge in [0.2, 0.25) is 5.91 Å². The van der Waals surface area contributed by atoms with Gasteiger partial charge in [-0.25, -0.2) is 9.97 Å². The summed E-state index contributed by atoms with van der Waals surface area (Å²) in [5, 5.41) is 3.37. The number of carbonyl (C=O) groups is 1. The van der Waals surface area contributed by atoms with Gasteiger partial charge in [-0.05, 0) is 38.5 Å². The number of benzene rings is 2. The van der Waals surface area contributed by atoms with Gasteiger partial charge < -0.3 is 15.1 Å². The van der Waals surface area contributed by atoms with E-state index in [1.54, 1.807) is 0 Å². The molecule has 1 aromatic heterocycles. The normalized spacial score (nSPS) is 13.9. The molecule has 0 atom stereocenters. The average Bonchev–Trinajstić information content (AvgIpc) is 2.75. The lowest BCUT2D eigenvalue weighted by Gasteiger charge is -2.35. The third-order valence-electron chi connectivity index (χ3n) is 5.54. The number of carbonyl (C=O) groups excluding carboxylic acids is 1. The summed E-state index contributed by atoms with van der Waals surface area (Å²) in [6, 6.07) is 18.4. The van der Waals surface area contributed by atoms with Crippen molar-refractivity contribution in [1.29, 1.82) is 0 Å². The van der Waals surface area contributed by atoms with Gasteiger partial charge in [0.05, 0.1) is 6.42 Å². The monoisotopic (exact) mass is 415 g/mol. The number of hydrogen-bond acceptors (Lipinski definition) is 5. The van der Waals surface area contributed by atoms with E-state index in [4.69, 9.17) is 0 Å². The summed E-state index contributed by atoms with van der Waals surface area (Å²) in [4.78, 5) is 26.1. The highest BCUT2D eigenvalue weighted by atomic mass is 16.2. The van der Waals surface area contributed by atoms with E-state index in [-0.39, 0.29) is 5.91 Å². The van der Waals surface area contributed by atoms with Gasteiger partial charge in [0.15, 0.2) is 0 Å². The predicted molar refractivity (Wildman–Crippen MR) is 125 cm³/mol. The fraction of sp³-hybridized carbons (Fsp3) is 0.320. The van der Waals surface area contributed by atoms with E-state index >= 15 is 0 Å². The topological polar surface area (TPSA) is 61.4 Å². The maximum atomic E-state index is 12.7. The summed E-state index contributed by atoms with van der Waals surface area (Å²) in [5.74, 6) is 2.59. The van der Waals surface area contributed by atoms with E-state index < -0.39 is 0 Å². The molecule has 1 fully saturated rings. The number of nitrogens with one attached hydrogen (secondary N) is 1. The summed E-state index contributed by atoms with van der Waals surface area (Å²) in [6.45, 7) is 8.97. The summed E-state index contributed by atoms with van der Waals surface area (Å²) in [6.07, 6.45) is 0.457. The Morgan fingerprint density at radius 1 is 0.903 bits per heavy atom. The van der Waals surface area contributed by atoms with Crippen molar-refractivity contribution in [2.24, 2.45) is 0 Å². The van der Waals surface area contributed by atoms with Gasteiger partial charge in [0, 0.05) is 37.9 Å². The highest BCUT2D eigenvalue weighted by molar-refractivity contribution is 5.79. The first kappa shape index (κ1) is 20.8. The zero-order chi connectivity index (χ0) is 21.8. The van der Waals surface area contributed by atoms with Gasteiger partial charge in [-0.15, -0.1) is 0 Å². The van der Waals surface area contributed by atoms with Crippen molar-refractivity contribution in [3.8, 4) is 0 Å². The van der Waals surface area contributed by atoms with Crippen LogP contribution in [0.15, 0.2) is 54.6 Å². The molecule has 160 valence electrons. The number of piperazine rings is 1. The molecule has 0 bridgehead atoms. The number of rotatable bonds is 5. The molecule has 0 saturated carbocycles. The van der Waals surface area contributed by atoms with Gasteiger partial charge in [-0.2, -0.15) is 0 Å². The summed E-state index contributed by atoms with van der Waals surface area (Å²) < 4.78 is 0. The maximum absolute atomic E-state index is 12.7. The molecule has 1 aliphatic heterocycles. The molecule has 1 saturated heterocycles. The molecule has 6 nitrogen and oxygen atoms in total. The second-order valence-electron chi connectivity index (χ2n) is 8.18. The van der Waals surface area contributed by atoms with Crippen molar-refractivity contribution < 1.29 is 4.79 Å². The quantitative estimate of drug-likeness (QED) is 0.682. The predicted octanol–water partition coefficient (Wildman–Crippen LogP) is 4.04. The fourth-order valence-corrected chi connectivity index (χ4v) is 3.86. The van der Waals surface area contributed by atoms with Crippen molar-refractivity contribution in [3.63, 3.8) is 0 Å². The van der Waals surface area contributed by atoms with Crippen LogP contribution in [0.5, 0.6) is 0 Å². The smallest absolute Gasteiger partial charge is 0.227 e. The molecule has 31 heavy (non-hydrogen) atoms. The largest absolute Gasteiger partial charge is 0.353 e. The van der Waals surface area contributed by atoms with Crippen molar-refractivity contribution in [2.75, 3.05) is 36.4 Å². The van der Waals surface area contributed by atoms with E-state index in [2.05, 4.69) is 58.3 Å². The number of aryl methyl sites for hydroxylation is 3. The molecule has 3 aromatic rings. The first-order valence-electron chi connectivity index (χ1n) is 10.7. The lowest BCUT2D eigenvalue weighted by Crippen LogP contribution is -2.49. The van der Waals surface area contributed by atoms with Crippen LogP contribution in [0.25, 0.3) is 0 Å². The van der Waals surface area contributed by atoms with Crippen LogP contribution >= 0.6 is 0 Å². The SMILES string of the molecule is Cc1ccc(Nc2cc(N3CCN(C(=O)Cc4cccc(C)c4)CC3)nc(C)n2)cc1. The van der Waals surface area contributed by atoms with Gasteiger partial charge >= 0.3 is 0 Å². The van der Waals surface area contributed by atoms with Gasteiger partial charge in [0.25, 0.3) is 0 Å². The van der Waals surface area contributed by atoms with Crippen LogP contribution < -0.4 is 10.2 Å². The molecule has 2 heterocycles. The first-order valence-corrected chi connectivity index (χ1v) is 10.7. The molecular formula is C25H29N5O. The van der Waals surface area contributed by atoms with Crippen LogP contribution in [-0.4, -0.2) is 47.0 Å². The number of hydrogen-bond donors (Lipinski definition) is 1. The molecule has 0 radical (unpaired) electrons. The van der Waals surface area contributed by atoms with E-state index in [9.17, 15) is 4.79 Å². The summed E-state index contributed by atoms with van der Waals surface area (Å²) in [5.41, 5.74) is 4.48. The van der Waals surface area contributed by atoms with Gasteiger partial charge in [-0.3, -0.25) is 4.79 Å². The molecule has 2 aromatic carbocycles. The third-order valence-corrected chi connectivity index (χ3v) is 5.54. The van der Waals surface area contributed by atoms with Crippen LogP contribution in [0.2, 0.25) is 0 Å². The Bertz CT molecular complexity index is 1060. The van der Waals surface area contributed by atoms with Crippen LogP contribution in [0.1, 0.15) is 22.5 Å². The molecule has 0 spiro atoms. The minimum absolute atomic E-state index is 0.186. The van der Waals surface area contributed by atoms with E-state index in [1.165, 1.54) is 11.1 Å².